The van der Waals surface area contributed by atoms with Crippen LogP contribution in [-0.4, -0.2) is 116 Å². The van der Waals surface area contributed by atoms with Crippen LogP contribution >= 0.6 is 0 Å². The number of ether oxygens (including phenoxy) is 3. The van der Waals surface area contributed by atoms with Crippen molar-refractivity contribution in [2.24, 2.45) is 0 Å². The zero-order valence-corrected chi connectivity index (χ0v) is 39.2. The maximum Gasteiger partial charge on any atom is 0.416 e. The Morgan fingerprint density at radius 1 is 0.712 bits per heavy atom. The number of amides is 6. The summed E-state index contributed by atoms with van der Waals surface area (Å²) in [6, 6.07) is 6.81. The standard InChI is InChI=1S/C43H58F3N7O12S/c1-40(2,3)62-37(57)48-20-22-53(23-21-49-38(58)63-41(4,5)6)32(54)25-31(51-39(59)64-42(7,8)9)35(55)52-33(36(56)50-29-17-18-30-27(24-29)12-11-19-47-30)34(65-66(10,60)61)26-13-15-28(16-14-26)43(44,45)46/h11-19,24,31,33-34H,20-23,25H2,1-10H3,(H,48,57)(H,49,58)(H,50,56)(H,51,59)(H,52,55)/t31-,33-,34+/m0/s1. The van der Waals surface area contributed by atoms with Crippen LogP contribution in [0.3, 0.4) is 0 Å². The number of aromatic nitrogens is 1. The van der Waals surface area contributed by atoms with Crippen molar-refractivity contribution >= 4 is 62.7 Å². The lowest BCUT2D eigenvalue weighted by atomic mass is 9.99. The zero-order chi connectivity index (χ0) is 49.8. The lowest BCUT2D eigenvalue weighted by Gasteiger charge is -2.30. The van der Waals surface area contributed by atoms with E-state index in [-0.39, 0.29) is 37.4 Å². The minimum atomic E-state index is -4.81. The number of carbonyl (C=O) groups is 6. The zero-order valence-electron chi connectivity index (χ0n) is 38.4. The second-order valence-electron chi connectivity index (χ2n) is 17.9. The van der Waals surface area contributed by atoms with Gasteiger partial charge in [0.1, 0.15) is 35.0 Å². The highest BCUT2D eigenvalue weighted by Crippen LogP contribution is 2.32. The molecule has 19 nitrogen and oxygen atoms in total. The van der Waals surface area contributed by atoms with E-state index in [4.69, 9.17) is 18.4 Å². The van der Waals surface area contributed by atoms with Crippen LogP contribution in [0.1, 0.15) is 86.0 Å². The van der Waals surface area contributed by atoms with E-state index in [1.54, 1.807) is 59.7 Å². The Bertz CT molecular complexity index is 2280. The van der Waals surface area contributed by atoms with Crippen molar-refractivity contribution < 1.29 is 68.7 Å². The Kier molecular flexibility index (Phi) is 18.3. The number of nitrogens with zero attached hydrogens (tertiary/aromatic N) is 2. The average molecular weight is 954 g/mol. The van der Waals surface area contributed by atoms with Crippen LogP contribution < -0.4 is 26.6 Å². The summed E-state index contributed by atoms with van der Waals surface area (Å²) in [4.78, 5) is 86.4. The highest BCUT2D eigenvalue weighted by molar-refractivity contribution is 7.86. The Hall–Kier alpha value is -6.23. The van der Waals surface area contributed by atoms with Gasteiger partial charge in [-0.25, -0.2) is 14.4 Å². The summed E-state index contributed by atoms with van der Waals surface area (Å²) in [6.07, 6.45) is -8.38. The SMILES string of the molecule is CC(C)(C)OC(=O)NCCN(CCNC(=O)OC(C)(C)C)C(=O)C[C@H](NC(=O)OC(C)(C)C)C(=O)N[C@H](C(=O)Nc1ccc2ncccc2c1)[C@H](OS(C)(=O)=O)c1ccc(C(F)(F)F)cc1. The molecule has 0 spiro atoms. The summed E-state index contributed by atoms with van der Waals surface area (Å²) >= 11 is 0. The fraction of sp³-hybridized carbons (Fsp3) is 0.512. The second-order valence-corrected chi connectivity index (χ2v) is 19.5. The first-order valence-corrected chi connectivity index (χ1v) is 22.3. The number of fused-ring (bicyclic) bond motifs is 1. The molecule has 1 heterocycles. The summed E-state index contributed by atoms with van der Waals surface area (Å²) in [7, 11) is -4.56. The van der Waals surface area contributed by atoms with Gasteiger partial charge in [-0.15, -0.1) is 0 Å². The van der Waals surface area contributed by atoms with Gasteiger partial charge in [0.15, 0.2) is 0 Å². The molecule has 0 saturated carbocycles. The Balaban J connectivity index is 2.09. The smallest absolute Gasteiger partial charge is 0.416 e. The first kappa shape index (κ1) is 54.1. The Morgan fingerprint density at radius 2 is 1.24 bits per heavy atom. The molecule has 364 valence electrons. The molecule has 0 radical (unpaired) electrons. The summed E-state index contributed by atoms with van der Waals surface area (Å²) in [6.45, 7) is 13.6. The summed E-state index contributed by atoms with van der Waals surface area (Å²) in [5.41, 5.74) is -3.60. The number of hydrogen-bond acceptors (Lipinski definition) is 13. The molecule has 66 heavy (non-hydrogen) atoms. The molecule has 0 aliphatic rings. The molecule has 0 aliphatic heterocycles. The third-order valence-electron chi connectivity index (χ3n) is 8.44. The number of hydrogen-bond donors (Lipinski definition) is 5. The molecule has 3 rings (SSSR count). The van der Waals surface area contributed by atoms with E-state index in [0.29, 0.717) is 29.3 Å². The molecule has 6 amide bonds. The molecule has 0 bridgehead atoms. The molecule has 23 heteroatoms. The number of anilines is 1. The Morgan fingerprint density at radius 3 is 1.74 bits per heavy atom. The highest BCUT2D eigenvalue weighted by Gasteiger charge is 2.39. The number of carbonyl (C=O) groups excluding carboxylic acids is 6. The van der Waals surface area contributed by atoms with Crippen molar-refractivity contribution in [3.8, 4) is 0 Å². The van der Waals surface area contributed by atoms with E-state index < -0.39 is 99.3 Å². The molecule has 0 unspecified atom stereocenters. The molecule has 3 aromatic rings. The molecule has 2 aromatic carbocycles. The van der Waals surface area contributed by atoms with Crippen LogP contribution in [0.25, 0.3) is 10.9 Å². The molecule has 0 saturated heterocycles. The number of pyridine rings is 1. The van der Waals surface area contributed by atoms with Gasteiger partial charge in [0, 0.05) is 43.4 Å². The quantitative estimate of drug-likeness (QED) is 0.0823. The van der Waals surface area contributed by atoms with E-state index in [1.165, 1.54) is 39.1 Å². The van der Waals surface area contributed by atoms with Gasteiger partial charge in [-0.05, 0) is 104 Å². The molecule has 3 atom stereocenters. The van der Waals surface area contributed by atoms with Gasteiger partial charge in [0.2, 0.25) is 17.7 Å². The predicted octanol–water partition coefficient (Wildman–Crippen LogP) is 5.56. The minimum absolute atomic E-state index is 0.125. The largest absolute Gasteiger partial charge is 0.444 e. The average Bonchev–Trinajstić information content (AvgIpc) is 3.15. The van der Waals surface area contributed by atoms with Crippen molar-refractivity contribution in [3.05, 3.63) is 71.9 Å². The first-order valence-electron chi connectivity index (χ1n) is 20.5. The maximum atomic E-state index is 14.5. The highest BCUT2D eigenvalue weighted by atomic mass is 32.2. The lowest BCUT2D eigenvalue weighted by Crippen LogP contribution is -2.56. The first-order chi connectivity index (χ1) is 30.3. The van der Waals surface area contributed by atoms with Crippen LogP contribution in [0.4, 0.5) is 33.2 Å². The van der Waals surface area contributed by atoms with Crippen LogP contribution in [0.2, 0.25) is 0 Å². The van der Waals surface area contributed by atoms with Crippen molar-refractivity contribution in [1.82, 2.24) is 31.2 Å². The summed E-state index contributed by atoms with van der Waals surface area (Å²) < 4.78 is 87.5. The van der Waals surface area contributed by atoms with E-state index >= 15 is 0 Å². The van der Waals surface area contributed by atoms with E-state index in [0.717, 1.165) is 17.0 Å². The number of rotatable bonds is 17. The molecular formula is C43H58F3N7O12S. The number of benzene rings is 2. The van der Waals surface area contributed by atoms with E-state index in [2.05, 4.69) is 31.6 Å². The van der Waals surface area contributed by atoms with E-state index in [1.807, 2.05) is 0 Å². The number of alkyl carbamates (subject to hydrolysis) is 3. The van der Waals surface area contributed by atoms with Crippen molar-refractivity contribution in [2.75, 3.05) is 37.8 Å². The summed E-state index contributed by atoms with van der Waals surface area (Å²) in [5.74, 6) is -3.25. The normalized spacial score (nSPS) is 13.6. The second kappa shape index (κ2) is 22.3. The summed E-state index contributed by atoms with van der Waals surface area (Å²) in [5, 5.41) is 12.8. The minimum Gasteiger partial charge on any atom is -0.444 e. The van der Waals surface area contributed by atoms with Gasteiger partial charge in [-0.2, -0.15) is 21.6 Å². The van der Waals surface area contributed by atoms with Gasteiger partial charge >= 0.3 is 24.5 Å². The van der Waals surface area contributed by atoms with Crippen LogP contribution in [0.15, 0.2) is 60.8 Å². The third-order valence-corrected chi connectivity index (χ3v) is 8.99. The maximum absolute atomic E-state index is 14.5. The Labute approximate surface area is 381 Å². The van der Waals surface area contributed by atoms with Gasteiger partial charge in [0.05, 0.1) is 23.8 Å². The van der Waals surface area contributed by atoms with Crippen molar-refractivity contribution in [3.63, 3.8) is 0 Å². The van der Waals surface area contributed by atoms with Gasteiger partial charge < -0.3 is 45.7 Å². The molecule has 1 aromatic heterocycles. The van der Waals surface area contributed by atoms with Gasteiger partial charge in [-0.3, -0.25) is 23.6 Å². The van der Waals surface area contributed by atoms with Crippen LogP contribution in [0, 0.1) is 0 Å². The van der Waals surface area contributed by atoms with Crippen LogP contribution in [0.5, 0.6) is 0 Å². The molecular weight excluding hydrogens is 896 g/mol. The fourth-order valence-corrected chi connectivity index (χ4v) is 6.40. The van der Waals surface area contributed by atoms with Gasteiger partial charge in [0.25, 0.3) is 10.1 Å². The van der Waals surface area contributed by atoms with Crippen molar-refractivity contribution in [2.45, 2.75) is 110 Å². The topological polar surface area (TPSA) is 250 Å². The monoisotopic (exact) mass is 953 g/mol. The van der Waals surface area contributed by atoms with Crippen LogP contribution in [-0.2, 0) is 49.1 Å². The molecule has 5 N–H and O–H groups in total. The van der Waals surface area contributed by atoms with E-state index in [9.17, 15) is 50.4 Å². The molecule has 0 aliphatic carbocycles. The third kappa shape index (κ3) is 19.5. The van der Waals surface area contributed by atoms with Gasteiger partial charge in [-0.1, -0.05) is 18.2 Å². The lowest BCUT2D eigenvalue weighted by molar-refractivity contribution is -0.137. The number of nitrogens with one attached hydrogen (secondary N) is 5. The number of halogens is 3. The molecule has 0 fully saturated rings. The van der Waals surface area contributed by atoms with Crippen molar-refractivity contribution in [1.29, 1.82) is 0 Å². The fourth-order valence-electron chi connectivity index (χ4n) is 5.80. The predicted molar refractivity (Wildman–Crippen MR) is 235 cm³/mol. The number of alkyl halides is 3.